The molecule has 0 unspecified atom stereocenters. The van der Waals surface area contributed by atoms with Crippen molar-refractivity contribution in [1.82, 2.24) is 10.2 Å². The zero-order valence-corrected chi connectivity index (χ0v) is 14.4. The molecule has 0 atom stereocenters. The lowest BCUT2D eigenvalue weighted by Gasteiger charge is -2.10. The van der Waals surface area contributed by atoms with Crippen LogP contribution in [0.25, 0.3) is 11.3 Å². The first kappa shape index (κ1) is 16.0. The second-order valence-corrected chi connectivity index (χ2v) is 6.04. The number of amides is 1. The number of nitrogens with zero attached hydrogens (tertiary/aromatic N) is 1. The second kappa shape index (κ2) is 6.11. The van der Waals surface area contributed by atoms with Gasteiger partial charge in [-0.3, -0.25) is 9.89 Å². The van der Waals surface area contributed by atoms with E-state index in [-0.39, 0.29) is 0 Å². The van der Waals surface area contributed by atoms with Gasteiger partial charge in [0.1, 0.15) is 5.82 Å². The molecule has 4 rings (SSSR count). The Balaban J connectivity index is 1.68. The highest BCUT2D eigenvalue weighted by Gasteiger charge is 2.27. The number of ether oxygens (including phenoxy) is 2. The molecule has 4 N–H and O–H groups in total. The van der Waals surface area contributed by atoms with Gasteiger partial charge in [-0.05, 0) is 35.9 Å². The number of nitrogens with one attached hydrogen (secondary N) is 2. The third-order valence-electron chi connectivity index (χ3n) is 4.52. The molecule has 0 fully saturated rings. The van der Waals surface area contributed by atoms with E-state index in [9.17, 15) is 4.79 Å². The molecule has 1 aliphatic rings. The van der Waals surface area contributed by atoms with Crippen LogP contribution in [0.1, 0.15) is 21.5 Å². The molecule has 7 nitrogen and oxygen atoms in total. The highest BCUT2D eigenvalue weighted by Crippen LogP contribution is 2.44. The number of methoxy groups -OCH3 is 2. The van der Waals surface area contributed by atoms with Crippen molar-refractivity contribution in [3.63, 3.8) is 0 Å². The smallest absolute Gasteiger partial charge is 0.248 e. The van der Waals surface area contributed by atoms with Gasteiger partial charge in [0.2, 0.25) is 5.91 Å². The van der Waals surface area contributed by atoms with Crippen LogP contribution < -0.4 is 20.5 Å². The monoisotopic (exact) mass is 350 g/mol. The highest BCUT2D eigenvalue weighted by molar-refractivity contribution is 5.94. The van der Waals surface area contributed by atoms with E-state index in [0.29, 0.717) is 17.1 Å². The van der Waals surface area contributed by atoms with E-state index in [4.69, 9.17) is 15.2 Å². The minimum absolute atomic E-state index is 0.448. The average molecular weight is 350 g/mol. The Labute approximate surface area is 150 Å². The summed E-state index contributed by atoms with van der Waals surface area (Å²) in [6.07, 6.45) is 0.722. The number of aromatic nitrogens is 2. The van der Waals surface area contributed by atoms with Gasteiger partial charge in [-0.2, -0.15) is 5.10 Å². The summed E-state index contributed by atoms with van der Waals surface area (Å²) < 4.78 is 10.8. The molecular formula is C19H18N4O3. The third kappa shape index (κ3) is 2.54. The van der Waals surface area contributed by atoms with Crippen molar-refractivity contribution in [2.24, 2.45) is 5.73 Å². The van der Waals surface area contributed by atoms with Gasteiger partial charge in [-0.15, -0.1) is 0 Å². The predicted molar refractivity (Wildman–Crippen MR) is 98.2 cm³/mol. The number of fused-ring (bicyclic) bond motifs is 3. The summed E-state index contributed by atoms with van der Waals surface area (Å²) in [6.45, 7) is 0. The molecule has 7 heteroatoms. The Kier molecular flexibility index (Phi) is 3.76. The first-order valence-corrected chi connectivity index (χ1v) is 8.10. The second-order valence-electron chi connectivity index (χ2n) is 6.04. The van der Waals surface area contributed by atoms with E-state index in [1.54, 1.807) is 32.4 Å². The fraction of sp³-hybridized carbons (Fsp3) is 0.158. The number of H-pyrrole nitrogens is 1. The normalized spacial score (nSPS) is 11.6. The van der Waals surface area contributed by atoms with Crippen LogP contribution in [0.5, 0.6) is 11.5 Å². The SMILES string of the molecule is COc1cc2c(cc1OC)-c1n[nH]c(Nc3cccc(C(N)=O)c3)c1C2. The van der Waals surface area contributed by atoms with Gasteiger partial charge in [-0.25, -0.2) is 0 Å². The zero-order valence-electron chi connectivity index (χ0n) is 14.4. The largest absolute Gasteiger partial charge is 0.493 e. The minimum Gasteiger partial charge on any atom is -0.493 e. The molecule has 26 heavy (non-hydrogen) atoms. The molecule has 132 valence electrons. The van der Waals surface area contributed by atoms with Crippen molar-refractivity contribution >= 4 is 17.4 Å². The summed E-state index contributed by atoms with van der Waals surface area (Å²) in [7, 11) is 3.24. The van der Waals surface area contributed by atoms with E-state index in [2.05, 4.69) is 15.5 Å². The van der Waals surface area contributed by atoms with Crippen molar-refractivity contribution in [3.8, 4) is 22.8 Å². The molecule has 3 aromatic rings. The number of carbonyl (C=O) groups excluding carboxylic acids is 1. The molecule has 0 saturated heterocycles. The Morgan fingerprint density at radius 3 is 2.69 bits per heavy atom. The number of nitrogens with two attached hydrogens (primary N) is 1. The van der Waals surface area contributed by atoms with E-state index in [0.717, 1.165) is 40.3 Å². The zero-order chi connectivity index (χ0) is 18.3. The Bertz CT molecular complexity index is 1010. The van der Waals surface area contributed by atoms with Crippen molar-refractivity contribution < 1.29 is 14.3 Å². The highest BCUT2D eigenvalue weighted by atomic mass is 16.5. The molecule has 0 saturated carbocycles. The summed E-state index contributed by atoms with van der Waals surface area (Å²) >= 11 is 0. The summed E-state index contributed by atoms with van der Waals surface area (Å²) in [5.74, 6) is 1.70. The lowest BCUT2D eigenvalue weighted by molar-refractivity contribution is 0.100. The van der Waals surface area contributed by atoms with Crippen LogP contribution in [-0.2, 0) is 6.42 Å². The summed E-state index contributed by atoms with van der Waals surface area (Å²) in [6, 6.07) is 11.0. The topological polar surface area (TPSA) is 102 Å². The van der Waals surface area contributed by atoms with E-state index < -0.39 is 5.91 Å². The number of anilines is 2. The lowest BCUT2D eigenvalue weighted by Crippen LogP contribution is -2.10. The fourth-order valence-electron chi connectivity index (χ4n) is 3.24. The van der Waals surface area contributed by atoms with Gasteiger partial charge in [0.15, 0.2) is 11.5 Å². The van der Waals surface area contributed by atoms with Crippen LogP contribution in [0.4, 0.5) is 11.5 Å². The maximum Gasteiger partial charge on any atom is 0.248 e. The number of aromatic amines is 1. The van der Waals surface area contributed by atoms with Crippen molar-refractivity contribution in [2.45, 2.75) is 6.42 Å². The van der Waals surface area contributed by atoms with Crippen LogP contribution in [0.2, 0.25) is 0 Å². The Morgan fingerprint density at radius 1 is 1.19 bits per heavy atom. The van der Waals surface area contributed by atoms with Gasteiger partial charge in [0.05, 0.1) is 19.9 Å². The van der Waals surface area contributed by atoms with Crippen molar-refractivity contribution in [2.75, 3.05) is 19.5 Å². The maximum atomic E-state index is 11.4. The van der Waals surface area contributed by atoms with Gasteiger partial charge >= 0.3 is 0 Å². The summed E-state index contributed by atoms with van der Waals surface area (Å²) in [4.78, 5) is 11.4. The third-order valence-corrected chi connectivity index (χ3v) is 4.52. The molecule has 1 aliphatic carbocycles. The molecule has 1 aromatic heterocycles. The number of rotatable bonds is 5. The van der Waals surface area contributed by atoms with Crippen LogP contribution in [0, 0.1) is 0 Å². The summed E-state index contributed by atoms with van der Waals surface area (Å²) in [5.41, 5.74) is 10.6. The first-order chi connectivity index (χ1) is 12.6. The van der Waals surface area contributed by atoms with Crippen molar-refractivity contribution in [1.29, 1.82) is 0 Å². The quantitative estimate of drug-likeness (QED) is 0.514. The Hall–Kier alpha value is -3.48. The molecular weight excluding hydrogens is 332 g/mol. The number of hydrogen-bond acceptors (Lipinski definition) is 5. The number of benzene rings is 2. The van der Waals surface area contributed by atoms with E-state index in [1.807, 2.05) is 18.2 Å². The molecule has 1 amide bonds. The summed E-state index contributed by atoms with van der Waals surface area (Å²) in [5, 5.41) is 10.8. The van der Waals surface area contributed by atoms with Crippen LogP contribution in [0.15, 0.2) is 36.4 Å². The first-order valence-electron chi connectivity index (χ1n) is 8.10. The fourth-order valence-corrected chi connectivity index (χ4v) is 3.24. The van der Waals surface area contributed by atoms with Gasteiger partial charge in [0, 0.05) is 28.8 Å². The molecule has 0 aliphatic heterocycles. The van der Waals surface area contributed by atoms with Crippen LogP contribution in [0.3, 0.4) is 0 Å². The lowest BCUT2D eigenvalue weighted by atomic mass is 10.1. The number of hydrogen-bond donors (Lipinski definition) is 3. The molecule has 0 bridgehead atoms. The molecule has 2 aromatic carbocycles. The predicted octanol–water partition coefficient (Wildman–Crippen LogP) is 2.84. The molecule has 0 spiro atoms. The van der Waals surface area contributed by atoms with E-state index >= 15 is 0 Å². The van der Waals surface area contributed by atoms with Gasteiger partial charge < -0.3 is 20.5 Å². The molecule has 0 radical (unpaired) electrons. The maximum absolute atomic E-state index is 11.4. The van der Waals surface area contributed by atoms with E-state index in [1.165, 1.54) is 0 Å². The van der Waals surface area contributed by atoms with Gasteiger partial charge in [-0.1, -0.05) is 6.07 Å². The van der Waals surface area contributed by atoms with Gasteiger partial charge in [0.25, 0.3) is 0 Å². The molecule has 1 heterocycles. The minimum atomic E-state index is -0.463. The standard InChI is InChI=1S/C19H18N4O3/c1-25-15-8-11-7-14-17(13(11)9-16(15)26-2)22-23-19(14)21-12-5-3-4-10(6-12)18(20)24/h3-6,8-9H,7H2,1-2H3,(H2,20,24)(H2,21,22,23). The van der Waals surface area contributed by atoms with Crippen LogP contribution in [-0.4, -0.2) is 30.3 Å². The van der Waals surface area contributed by atoms with Crippen LogP contribution >= 0.6 is 0 Å². The number of carbonyl (C=O) groups is 1. The number of primary amides is 1. The van der Waals surface area contributed by atoms with Crippen molar-refractivity contribution in [3.05, 3.63) is 53.1 Å². The Morgan fingerprint density at radius 2 is 1.96 bits per heavy atom. The average Bonchev–Trinajstić information content (AvgIpc) is 3.20.